The number of carbonyl (C=O) groups excluding carboxylic acids is 1. The van der Waals surface area contributed by atoms with Gasteiger partial charge >= 0.3 is 0 Å². The fourth-order valence-corrected chi connectivity index (χ4v) is 3.43. The number of fused-ring (bicyclic) bond motifs is 1. The fourth-order valence-electron chi connectivity index (χ4n) is 2.36. The summed E-state index contributed by atoms with van der Waals surface area (Å²) in [6.07, 6.45) is 1.57. The fraction of sp³-hybridized carbons (Fsp3) is 0.188. The van der Waals surface area contributed by atoms with Crippen LogP contribution in [0.2, 0.25) is 0 Å². The molecule has 3 rings (SSSR count). The molecule has 26 heavy (non-hydrogen) atoms. The molecule has 136 valence electrons. The predicted octanol–water partition coefficient (Wildman–Crippen LogP) is 0.625. The molecule has 3 N–H and O–H groups in total. The average Bonchev–Trinajstić information content (AvgIpc) is 3.00. The van der Waals surface area contributed by atoms with Crippen molar-refractivity contribution < 1.29 is 18.3 Å². The number of anilines is 1. The number of nitrogens with one attached hydrogen (secondary N) is 2. The SMILES string of the molecule is CC(=O)Nc1cn2nc(-c3cccc(S(=O)(=O)NCCO)c3)ccc2n1. The van der Waals surface area contributed by atoms with Gasteiger partial charge in [0.05, 0.1) is 23.4 Å². The molecule has 0 unspecified atom stereocenters. The highest BCUT2D eigenvalue weighted by Crippen LogP contribution is 2.21. The first-order chi connectivity index (χ1) is 12.4. The molecule has 0 saturated carbocycles. The van der Waals surface area contributed by atoms with Crippen molar-refractivity contribution in [2.24, 2.45) is 0 Å². The normalized spacial score (nSPS) is 11.6. The zero-order valence-electron chi connectivity index (χ0n) is 13.9. The molecule has 0 spiro atoms. The second-order valence-corrected chi connectivity index (χ2v) is 7.24. The van der Waals surface area contributed by atoms with E-state index in [2.05, 4.69) is 20.1 Å². The Balaban J connectivity index is 1.96. The van der Waals surface area contributed by atoms with Crippen molar-refractivity contribution in [3.8, 4) is 11.3 Å². The number of sulfonamides is 1. The first-order valence-corrected chi connectivity index (χ1v) is 9.22. The maximum atomic E-state index is 12.2. The second kappa shape index (κ2) is 7.20. The molecule has 0 aliphatic carbocycles. The number of aliphatic hydroxyl groups is 1. The minimum Gasteiger partial charge on any atom is -0.395 e. The molecule has 0 bridgehead atoms. The summed E-state index contributed by atoms with van der Waals surface area (Å²) in [5.41, 5.74) is 1.70. The molecule has 10 heteroatoms. The first-order valence-electron chi connectivity index (χ1n) is 7.74. The van der Waals surface area contributed by atoms with Crippen LogP contribution in [0.1, 0.15) is 6.92 Å². The highest BCUT2D eigenvalue weighted by Gasteiger charge is 2.14. The summed E-state index contributed by atoms with van der Waals surface area (Å²) in [6, 6.07) is 9.76. The number of hydrogen-bond donors (Lipinski definition) is 3. The van der Waals surface area contributed by atoms with E-state index in [9.17, 15) is 13.2 Å². The summed E-state index contributed by atoms with van der Waals surface area (Å²) in [7, 11) is -3.71. The molecule has 2 heterocycles. The Hall–Kier alpha value is -2.82. The van der Waals surface area contributed by atoms with Gasteiger partial charge in [0.1, 0.15) is 0 Å². The minimum absolute atomic E-state index is 0.0578. The van der Waals surface area contributed by atoms with E-state index in [0.717, 1.165) is 0 Å². The largest absolute Gasteiger partial charge is 0.395 e. The van der Waals surface area contributed by atoms with Gasteiger partial charge in [-0.2, -0.15) is 5.10 Å². The summed E-state index contributed by atoms with van der Waals surface area (Å²) in [4.78, 5) is 15.4. The van der Waals surface area contributed by atoms with Crippen molar-refractivity contribution in [3.63, 3.8) is 0 Å². The van der Waals surface area contributed by atoms with Crippen LogP contribution in [0.5, 0.6) is 0 Å². The lowest BCUT2D eigenvalue weighted by Gasteiger charge is -2.07. The average molecular weight is 375 g/mol. The number of benzene rings is 1. The number of rotatable bonds is 6. The Morgan fingerprint density at radius 1 is 1.27 bits per heavy atom. The summed E-state index contributed by atoms with van der Waals surface area (Å²) in [5, 5.41) is 15.8. The molecule has 0 radical (unpaired) electrons. The molecule has 0 fully saturated rings. The highest BCUT2D eigenvalue weighted by atomic mass is 32.2. The molecule has 9 nitrogen and oxygen atoms in total. The molecular weight excluding hydrogens is 358 g/mol. The molecule has 0 atom stereocenters. The van der Waals surface area contributed by atoms with Crippen molar-refractivity contribution in [3.05, 3.63) is 42.6 Å². The van der Waals surface area contributed by atoms with Gasteiger partial charge in [0, 0.05) is 19.0 Å². The van der Waals surface area contributed by atoms with Crippen molar-refractivity contribution in [1.82, 2.24) is 19.3 Å². The Morgan fingerprint density at radius 3 is 2.81 bits per heavy atom. The molecule has 3 aromatic rings. The van der Waals surface area contributed by atoms with E-state index < -0.39 is 10.0 Å². The number of nitrogens with zero attached hydrogens (tertiary/aromatic N) is 3. The van der Waals surface area contributed by atoms with Gasteiger partial charge in [-0.25, -0.2) is 22.6 Å². The molecule has 2 aromatic heterocycles. The van der Waals surface area contributed by atoms with Crippen LogP contribution in [0, 0.1) is 0 Å². The van der Waals surface area contributed by atoms with E-state index >= 15 is 0 Å². The van der Waals surface area contributed by atoms with Gasteiger partial charge in [0.25, 0.3) is 0 Å². The van der Waals surface area contributed by atoms with Gasteiger partial charge in [-0.15, -0.1) is 0 Å². The Labute approximate surface area is 149 Å². The minimum atomic E-state index is -3.71. The van der Waals surface area contributed by atoms with Crippen LogP contribution < -0.4 is 10.0 Å². The van der Waals surface area contributed by atoms with Crippen LogP contribution in [0.3, 0.4) is 0 Å². The summed E-state index contributed by atoms with van der Waals surface area (Å²) >= 11 is 0. The molecule has 0 aliphatic heterocycles. The maximum Gasteiger partial charge on any atom is 0.240 e. The molecule has 1 aromatic carbocycles. The monoisotopic (exact) mass is 375 g/mol. The van der Waals surface area contributed by atoms with Gasteiger partial charge in [-0.3, -0.25) is 4.79 Å². The smallest absolute Gasteiger partial charge is 0.240 e. The Bertz CT molecular complexity index is 1060. The number of aliphatic hydroxyl groups excluding tert-OH is 1. The summed E-state index contributed by atoms with van der Waals surface area (Å²) in [6.45, 7) is 1.05. The van der Waals surface area contributed by atoms with E-state index in [0.29, 0.717) is 22.7 Å². The number of carbonyl (C=O) groups is 1. The van der Waals surface area contributed by atoms with Crippen molar-refractivity contribution in [2.45, 2.75) is 11.8 Å². The predicted molar refractivity (Wildman–Crippen MR) is 95.0 cm³/mol. The molecular formula is C16H17N5O4S. The van der Waals surface area contributed by atoms with E-state index in [4.69, 9.17) is 5.11 Å². The summed E-state index contributed by atoms with van der Waals surface area (Å²) in [5.74, 6) is 0.147. The molecule has 0 aliphatic rings. The van der Waals surface area contributed by atoms with E-state index in [1.54, 1.807) is 30.5 Å². The zero-order chi connectivity index (χ0) is 18.7. The van der Waals surface area contributed by atoms with Crippen molar-refractivity contribution in [1.29, 1.82) is 0 Å². The van der Waals surface area contributed by atoms with Crippen LogP contribution in [-0.2, 0) is 14.8 Å². The lowest BCUT2D eigenvalue weighted by atomic mass is 10.1. The van der Waals surface area contributed by atoms with Crippen LogP contribution in [0.25, 0.3) is 16.9 Å². The molecule has 1 amide bonds. The maximum absolute atomic E-state index is 12.2. The summed E-state index contributed by atoms with van der Waals surface area (Å²) < 4.78 is 28.2. The van der Waals surface area contributed by atoms with Gasteiger partial charge in [-0.05, 0) is 24.3 Å². The number of hydrogen-bond acceptors (Lipinski definition) is 6. The van der Waals surface area contributed by atoms with Crippen molar-refractivity contribution in [2.75, 3.05) is 18.5 Å². The van der Waals surface area contributed by atoms with Crippen LogP contribution in [-0.4, -0.2) is 47.2 Å². The van der Waals surface area contributed by atoms with Gasteiger partial charge in [0.15, 0.2) is 11.5 Å². The third kappa shape index (κ3) is 3.87. The topological polar surface area (TPSA) is 126 Å². The Morgan fingerprint density at radius 2 is 2.08 bits per heavy atom. The second-order valence-electron chi connectivity index (χ2n) is 5.48. The lowest BCUT2D eigenvalue weighted by molar-refractivity contribution is -0.114. The quantitative estimate of drug-likeness (QED) is 0.580. The first kappa shape index (κ1) is 18.0. The number of imidazole rings is 1. The third-order valence-corrected chi connectivity index (χ3v) is 4.93. The standard InChI is InChI=1S/C16H17N5O4S/c1-11(23)18-15-10-21-16(19-15)6-5-14(20-21)12-3-2-4-13(9-12)26(24,25)17-7-8-22/h2-6,9-10,17,22H,7-8H2,1H3,(H,18,23). The van der Waals surface area contributed by atoms with Crippen LogP contribution >= 0.6 is 0 Å². The van der Waals surface area contributed by atoms with Crippen molar-refractivity contribution >= 4 is 27.4 Å². The lowest BCUT2D eigenvalue weighted by Crippen LogP contribution is -2.26. The van der Waals surface area contributed by atoms with E-state index in [-0.39, 0.29) is 24.0 Å². The number of aromatic nitrogens is 3. The van der Waals surface area contributed by atoms with Gasteiger partial charge in [-0.1, -0.05) is 12.1 Å². The highest BCUT2D eigenvalue weighted by molar-refractivity contribution is 7.89. The zero-order valence-corrected chi connectivity index (χ0v) is 14.7. The third-order valence-electron chi connectivity index (χ3n) is 3.47. The van der Waals surface area contributed by atoms with Gasteiger partial charge < -0.3 is 10.4 Å². The van der Waals surface area contributed by atoms with Crippen LogP contribution in [0.15, 0.2) is 47.5 Å². The number of amides is 1. The van der Waals surface area contributed by atoms with Crippen LogP contribution in [0.4, 0.5) is 5.82 Å². The van der Waals surface area contributed by atoms with E-state index in [1.807, 2.05) is 0 Å². The van der Waals surface area contributed by atoms with Gasteiger partial charge in [0.2, 0.25) is 15.9 Å². The molecule has 0 saturated heterocycles. The van der Waals surface area contributed by atoms with E-state index in [1.165, 1.54) is 23.6 Å². The Kier molecular flexibility index (Phi) is 4.98.